The van der Waals surface area contributed by atoms with Gasteiger partial charge in [-0.05, 0) is 55.5 Å². The number of benzene rings is 2. The van der Waals surface area contributed by atoms with Crippen molar-refractivity contribution in [2.75, 3.05) is 5.32 Å². The van der Waals surface area contributed by atoms with Gasteiger partial charge in [-0.3, -0.25) is 14.6 Å². The molecule has 2 heterocycles. The predicted octanol–water partition coefficient (Wildman–Crippen LogP) is 5.80. The van der Waals surface area contributed by atoms with E-state index >= 15 is 0 Å². The zero-order valence-corrected chi connectivity index (χ0v) is 20.7. The third-order valence-corrected chi connectivity index (χ3v) is 7.32. The minimum absolute atomic E-state index is 0.0833. The molecular weight excluding hydrogens is 456 g/mol. The number of aliphatic imine (C=N–C) groups is 2. The van der Waals surface area contributed by atoms with Gasteiger partial charge in [-0.15, -0.1) is 0 Å². The first-order valence-corrected chi connectivity index (χ1v) is 12.4. The Morgan fingerprint density at radius 3 is 2.70 bits per heavy atom. The Bertz CT molecular complexity index is 1160. The molecule has 0 radical (unpaired) electrons. The fraction of sp³-hybridized carbons (Fsp3) is 0.360. The first-order chi connectivity index (χ1) is 15.8. The molecule has 0 aromatic heterocycles. The maximum atomic E-state index is 13.3. The number of para-hydroxylation sites is 1. The molecule has 0 aliphatic carbocycles. The summed E-state index contributed by atoms with van der Waals surface area (Å²) in [7, 11) is 0. The predicted molar refractivity (Wildman–Crippen MR) is 137 cm³/mol. The lowest BCUT2D eigenvalue weighted by Gasteiger charge is -2.27. The second-order valence-corrected chi connectivity index (χ2v) is 10.2. The highest BCUT2D eigenvalue weighted by atomic mass is 35.5. The number of carbonyl (C=O) groups is 2. The Morgan fingerprint density at radius 1 is 1.24 bits per heavy atom. The highest BCUT2D eigenvalue weighted by molar-refractivity contribution is 8.15. The fourth-order valence-corrected chi connectivity index (χ4v) is 5.02. The van der Waals surface area contributed by atoms with Crippen molar-refractivity contribution < 1.29 is 9.59 Å². The van der Waals surface area contributed by atoms with Gasteiger partial charge in [0.15, 0.2) is 5.17 Å². The molecule has 172 valence electrons. The number of amides is 2. The molecule has 0 bridgehead atoms. The molecule has 2 atom stereocenters. The van der Waals surface area contributed by atoms with Gasteiger partial charge in [-0.25, -0.2) is 9.89 Å². The number of nitrogens with zero attached hydrogens (tertiary/aromatic N) is 3. The van der Waals surface area contributed by atoms with Crippen LogP contribution in [-0.4, -0.2) is 39.0 Å². The van der Waals surface area contributed by atoms with Gasteiger partial charge < -0.3 is 5.32 Å². The zero-order valence-electron chi connectivity index (χ0n) is 19.1. The number of fused-ring (bicyclic) bond motifs is 3. The van der Waals surface area contributed by atoms with Crippen LogP contribution in [0.4, 0.5) is 11.4 Å². The van der Waals surface area contributed by atoms with E-state index in [2.05, 4.69) is 19.2 Å². The highest BCUT2D eigenvalue weighted by Gasteiger charge is 2.42. The molecule has 2 aliphatic heterocycles. The fourth-order valence-electron chi connectivity index (χ4n) is 3.82. The van der Waals surface area contributed by atoms with Gasteiger partial charge in [0, 0.05) is 16.3 Å². The van der Waals surface area contributed by atoms with Gasteiger partial charge in [0.1, 0.15) is 11.9 Å². The number of anilines is 1. The van der Waals surface area contributed by atoms with Gasteiger partial charge in [0.05, 0.1) is 10.9 Å². The molecule has 0 saturated heterocycles. The molecule has 2 aliphatic rings. The van der Waals surface area contributed by atoms with Crippen molar-refractivity contribution in [1.82, 2.24) is 4.90 Å². The summed E-state index contributed by atoms with van der Waals surface area (Å²) in [4.78, 5) is 37.5. The number of rotatable bonds is 6. The van der Waals surface area contributed by atoms with Crippen molar-refractivity contribution in [2.45, 2.75) is 51.8 Å². The van der Waals surface area contributed by atoms with Crippen LogP contribution in [0.5, 0.6) is 0 Å². The summed E-state index contributed by atoms with van der Waals surface area (Å²) in [5.41, 5.74) is 3.19. The summed E-state index contributed by atoms with van der Waals surface area (Å²) in [6, 6.07) is 12.7. The van der Waals surface area contributed by atoms with Gasteiger partial charge in [-0.1, -0.05) is 62.3 Å². The Balaban J connectivity index is 1.61. The molecule has 0 spiro atoms. The second-order valence-electron chi connectivity index (χ2n) is 8.65. The summed E-state index contributed by atoms with van der Waals surface area (Å²) < 4.78 is 0. The number of hydrogen-bond acceptors (Lipinski definition) is 5. The lowest BCUT2D eigenvalue weighted by Crippen LogP contribution is -2.42. The first kappa shape index (κ1) is 23.5. The van der Waals surface area contributed by atoms with Crippen LogP contribution in [0.2, 0.25) is 5.02 Å². The van der Waals surface area contributed by atoms with Crippen molar-refractivity contribution in [3.8, 4) is 0 Å². The molecule has 33 heavy (non-hydrogen) atoms. The maximum Gasteiger partial charge on any atom is 0.259 e. The quantitative estimate of drug-likeness (QED) is 0.565. The summed E-state index contributed by atoms with van der Waals surface area (Å²) >= 11 is 7.50. The molecular formula is C25H27ClN4O2S. The van der Waals surface area contributed by atoms with Crippen LogP contribution >= 0.6 is 23.4 Å². The SMILES string of the molecule is CCC(SC1=Nc2ccccc2C2=NC(CC(C)C)C(=O)N12)C(=O)Nc1ccc(C)c(Cl)c1. The summed E-state index contributed by atoms with van der Waals surface area (Å²) in [5, 5.41) is 3.60. The number of carbonyl (C=O) groups excluding carboxylic acids is 2. The number of hydrogen-bond donors (Lipinski definition) is 1. The van der Waals surface area contributed by atoms with Crippen LogP contribution in [0.1, 0.15) is 44.7 Å². The highest BCUT2D eigenvalue weighted by Crippen LogP contribution is 2.36. The summed E-state index contributed by atoms with van der Waals surface area (Å²) in [5.74, 6) is 0.718. The van der Waals surface area contributed by atoms with Crippen LogP contribution in [0.3, 0.4) is 0 Å². The summed E-state index contributed by atoms with van der Waals surface area (Å²) in [6.45, 7) is 8.02. The summed E-state index contributed by atoms with van der Waals surface area (Å²) in [6.07, 6.45) is 1.24. The van der Waals surface area contributed by atoms with Crippen molar-refractivity contribution in [3.63, 3.8) is 0 Å². The molecule has 0 saturated carbocycles. The maximum absolute atomic E-state index is 13.3. The van der Waals surface area contributed by atoms with E-state index < -0.39 is 11.3 Å². The smallest absolute Gasteiger partial charge is 0.259 e. The molecule has 2 amide bonds. The standard InChI is InChI=1S/C25H27ClN4O2S/c1-5-21(23(31)27-16-11-10-15(4)18(26)13-16)33-25-29-19-9-7-6-8-17(19)22-28-20(12-14(2)3)24(32)30(22)25/h6-11,13-14,20-21H,5,12H2,1-4H3,(H,27,31). The van der Waals surface area contributed by atoms with E-state index in [0.29, 0.717) is 40.5 Å². The molecule has 1 N–H and O–H groups in total. The van der Waals surface area contributed by atoms with Crippen molar-refractivity contribution >= 4 is 57.6 Å². The van der Waals surface area contributed by atoms with Crippen LogP contribution in [0.25, 0.3) is 0 Å². The van der Waals surface area contributed by atoms with E-state index in [1.807, 2.05) is 50.2 Å². The zero-order chi connectivity index (χ0) is 23.7. The molecule has 8 heteroatoms. The van der Waals surface area contributed by atoms with E-state index in [1.54, 1.807) is 11.0 Å². The van der Waals surface area contributed by atoms with Crippen molar-refractivity contribution in [1.29, 1.82) is 0 Å². The Hall–Kier alpha value is -2.64. The van der Waals surface area contributed by atoms with E-state index in [9.17, 15) is 9.59 Å². The number of aryl methyl sites for hydroxylation is 1. The molecule has 6 nitrogen and oxygen atoms in total. The van der Waals surface area contributed by atoms with Crippen LogP contribution in [0, 0.1) is 12.8 Å². The number of thioether (sulfide) groups is 1. The van der Waals surface area contributed by atoms with Gasteiger partial charge in [0.25, 0.3) is 5.91 Å². The van der Waals surface area contributed by atoms with E-state index in [4.69, 9.17) is 21.6 Å². The number of amidine groups is 2. The molecule has 2 aromatic carbocycles. The third-order valence-electron chi connectivity index (χ3n) is 5.59. The van der Waals surface area contributed by atoms with E-state index in [0.717, 1.165) is 16.8 Å². The minimum atomic E-state index is -0.438. The lowest BCUT2D eigenvalue weighted by atomic mass is 10.0. The van der Waals surface area contributed by atoms with Gasteiger partial charge >= 0.3 is 0 Å². The normalized spacial score (nSPS) is 17.9. The third kappa shape index (κ3) is 4.84. The Morgan fingerprint density at radius 2 is 2.00 bits per heavy atom. The van der Waals surface area contributed by atoms with Crippen LogP contribution < -0.4 is 5.32 Å². The van der Waals surface area contributed by atoms with Crippen molar-refractivity contribution in [2.24, 2.45) is 15.9 Å². The van der Waals surface area contributed by atoms with Crippen LogP contribution in [0.15, 0.2) is 52.4 Å². The van der Waals surface area contributed by atoms with Gasteiger partial charge in [0.2, 0.25) is 5.91 Å². The molecule has 0 fully saturated rings. The molecule has 4 rings (SSSR count). The topological polar surface area (TPSA) is 74.1 Å². The number of halogens is 1. The van der Waals surface area contributed by atoms with Gasteiger partial charge in [-0.2, -0.15) is 0 Å². The average molecular weight is 483 g/mol. The first-order valence-electron chi connectivity index (χ1n) is 11.1. The van der Waals surface area contributed by atoms with E-state index in [-0.39, 0.29) is 11.8 Å². The lowest BCUT2D eigenvalue weighted by molar-refractivity contribution is -0.125. The second kappa shape index (κ2) is 9.69. The number of nitrogens with one attached hydrogen (secondary N) is 1. The minimum Gasteiger partial charge on any atom is -0.325 e. The molecule has 2 aromatic rings. The largest absolute Gasteiger partial charge is 0.325 e. The van der Waals surface area contributed by atoms with Crippen molar-refractivity contribution in [3.05, 3.63) is 58.6 Å². The molecule has 2 unspecified atom stereocenters. The average Bonchev–Trinajstić information content (AvgIpc) is 3.10. The monoisotopic (exact) mass is 482 g/mol. The Labute approximate surface area is 203 Å². The Kier molecular flexibility index (Phi) is 6.91. The van der Waals surface area contributed by atoms with Crippen LogP contribution in [-0.2, 0) is 9.59 Å². The van der Waals surface area contributed by atoms with E-state index in [1.165, 1.54) is 11.8 Å².